The summed E-state index contributed by atoms with van der Waals surface area (Å²) in [6, 6.07) is 20.5. The predicted octanol–water partition coefficient (Wildman–Crippen LogP) is 3.65. The molecule has 0 radical (unpaired) electrons. The second-order valence-corrected chi connectivity index (χ2v) is 13.2. The Hall–Kier alpha value is -2.47. The number of aliphatic hydroxyl groups is 1. The van der Waals surface area contributed by atoms with Gasteiger partial charge in [0.2, 0.25) is 0 Å². The molecule has 0 aliphatic heterocycles. The van der Waals surface area contributed by atoms with E-state index in [1.165, 1.54) is 6.08 Å². The number of benzene rings is 2. The Balaban J connectivity index is 2.16. The maximum Gasteiger partial charge on any atom is 0.328 e. The summed E-state index contributed by atoms with van der Waals surface area (Å²) >= 11 is 0. The standard InChI is InChI=1S/C25H30O4Si/c1-18-22(26)15-19(17-24(27)28)16-23(18)29-30(25(2,3)4,20-11-7-5-8-12-20)21-13-9-6-10-14-21/h5-14,17,22-23,26H,1,15-16H2,2-4H3,(H,27,28)/t22-,23-/m1/s1. The van der Waals surface area contributed by atoms with E-state index in [0.717, 1.165) is 10.4 Å². The molecule has 0 bridgehead atoms. The molecule has 1 aliphatic carbocycles. The van der Waals surface area contributed by atoms with Crippen molar-refractivity contribution >= 4 is 24.7 Å². The number of hydrogen-bond donors (Lipinski definition) is 2. The molecule has 0 unspecified atom stereocenters. The lowest BCUT2D eigenvalue weighted by atomic mass is 9.86. The van der Waals surface area contributed by atoms with Crippen LogP contribution in [-0.4, -0.2) is 36.7 Å². The number of hydrogen-bond acceptors (Lipinski definition) is 3. The lowest BCUT2D eigenvalue weighted by Gasteiger charge is -2.47. The first-order valence-electron chi connectivity index (χ1n) is 10.2. The van der Waals surface area contributed by atoms with Gasteiger partial charge in [0.25, 0.3) is 8.32 Å². The summed E-state index contributed by atoms with van der Waals surface area (Å²) in [5.74, 6) is -1.01. The summed E-state index contributed by atoms with van der Waals surface area (Å²) in [4.78, 5) is 11.2. The number of carbonyl (C=O) groups is 1. The Labute approximate surface area is 179 Å². The van der Waals surface area contributed by atoms with E-state index < -0.39 is 26.5 Å². The van der Waals surface area contributed by atoms with E-state index in [2.05, 4.69) is 51.6 Å². The minimum Gasteiger partial charge on any atom is -0.478 e. The van der Waals surface area contributed by atoms with E-state index >= 15 is 0 Å². The van der Waals surface area contributed by atoms with E-state index in [-0.39, 0.29) is 11.5 Å². The minimum atomic E-state index is -2.82. The third-order valence-corrected chi connectivity index (χ3v) is 10.9. The molecule has 2 aromatic rings. The normalized spacial score (nSPS) is 21.6. The van der Waals surface area contributed by atoms with Crippen molar-refractivity contribution in [1.29, 1.82) is 0 Å². The van der Waals surface area contributed by atoms with Crippen molar-refractivity contribution in [2.45, 2.75) is 50.9 Å². The third-order valence-electron chi connectivity index (χ3n) is 5.81. The van der Waals surface area contributed by atoms with Crippen LogP contribution in [0.2, 0.25) is 5.04 Å². The van der Waals surface area contributed by atoms with Crippen LogP contribution < -0.4 is 10.4 Å². The Morgan fingerprint density at radius 1 is 1.03 bits per heavy atom. The molecule has 3 rings (SSSR count). The van der Waals surface area contributed by atoms with Crippen molar-refractivity contribution in [1.82, 2.24) is 0 Å². The van der Waals surface area contributed by atoms with Gasteiger partial charge in [-0.25, -0.2) is 4.79 Å². The summed E-state index contributed by atoms with van der Waals surface area (Å²) in [6.07, 6.45) is 0.633. The van der Waals surface area contributed by atoms with E-state index in [9.17, 15) is 15.0 Å². The highest BCUT2D eigenvalue weighted by molar-refractivity contribution is 6.99. The topological polar surface area (TPSA) is 66.8 Å². The molecule has 0 heterocycles. The smallest absolute Gasteiger partial charge is 0.328 e. The summed E-state index contributed by atoms with van der Waals surface area (Å²) < 4.78 is 7.06. The summed E-state index contributed by atoms with van der Waals surface area (Å²) in [6.45, 7) is 10.7. The highest BCUT2D eigenvalue weighted by atomic mass is 28.4. The quantitative estimate of drug-likeness (QED) is 0.438. The summed E-state index contributed by atoms with van der Waals surface area (Å²) in [7, 11) is -2.82. The molecule has 0 saturated heterocycles. The van der Waals surface area contributed by atoms with Crippen molar-refractivity contribution in [2.24, 2.45) is 0 Å². The van der Waals surface area contributed by atoms with Gasteiger partial charge < -0.3 is 14.6 Å². The second kappa shape index (κ2) is 8.72. The van der Waals surface area contributed by atoms with E-state index in [1.807, 2.05) is 36.4 Å². The number of carboxylic acids is 1. The predicted molar refractivity (Wildman–Crippen MR) is 123 cm³/mol. The Kier molecular flexibility index (Phi) is 6.46. The third kappa shape index (κ3) is 4.33. The fourth-order valence-corrected chi connectivity index (χ4v) is 9.04. The molecule has 30 heavy (non-hydrogen) atoms. The van der Waals surface area contributed by atoms with Crippen LogP contribution in [-0.2, 0) is 9.22 Å². The van der Waals surface area contributed by atoms with Gasteiger partial charge in [0.1, 0.15) is 0 Å². The van der Waals surface area contributed by atoms with Crippen LogP contribution in [0.15, 0.2) is 84.5 Å². The Morgan fingerprint density at radius 2 is 1.53 bits per heavy atom. The van der Waals surface area contributed by atoms with Crippen molar-refractivity contribution < 1.29 is 19.4 Å². The van der Waals surface area contributed by atoms with Gasteiger partial charge in [-0.05, 0) is 33.8 Å². The minimum absolute atomic E-state index is 0.213. The van der Waals surface area contributed by atoms with Crippen molar-refractivity contribution in [3.63, 3.8) is 0 Å². The maximum absolute atomic E-state index is 11.2. The highest BCUT2D eigenvalue weighted by Crippen LogP contribution is 2.40. The monoisotopic (exact) mass is 422 g/mol. The number of rotatable bonds is 5. The molecule has 1 fully saturated rings. The van der Waals surface area contributed by atoms with Crippen molar-refractivity contribution in [3.05, 3.63) is 84.5 Å². The molecule has 4 nitrogen and oxygen atoms in total. The van der Waals surface area contributed by atoms with Crippen molar-refractivity contribution in [2.75, 3.05) is 0 Å². The number of aliphatic hydroxyl groups excluding tert-OH is 1. The molecule has 0 amide bonds. The summed E-state index contributed by atoms with van der Waals surface area (Å²) in [5.41, 5.74) is 1.29. The fourth-order valence-electron chi connectivity index (χ4n) is 4.36. The number of aliphatic carboxylic acids is 1. The van der Waals surface area contributed by atoms with Gasteiger partial charge in [-0.2, -0.15) is 0 Å². The van der Waals surface area contributed by atoms with Gasteiger partial charge in [0, 0.05) is 6.08 Å². The molecule has 1 aliphatic rings. The first kappa shape index (κ1) is 22.2. The molecule has 1 saturated carbocycles. The molecular weight excluding hydrogens is 392 g/mol. The molecule has 0 aromatic heterocycles. The summed E-state index contributed by atoms with van der Waals surface area (Å²) in [5, 5.41) is 21.8. The van der Waals surface area contributed by atoms with Crippen LogP contribution >= 0.6 is 0 Å². The average Bonchev–Trinajstić information content (AvgIpc) is 2.69. The van der Waals surface area contributed by atoms with Gasteiger partial charge in [-0.1, -0.05) is 93.6 Å². The molecule has 158 valence electrons. The van der Waals surface area contributed by atoms with Crippen LogP contribution in [0.1, 0.15) is 33.6 Å². The first-order valence-corrected chi connectivity index (χ1v) is 12.1. The lowest BCUT2D eigenvalue weighted by molar-refractivity contribution is -0.131. The zero-order valence-corrected chi connectivity index (χ0v) is 18.8. The first-order chi connectivity index (χ1) is 14.1. The SMILES string of the molecule is C=C1[C@H](O)CC(=CC(=O)O)C[C@H]1O[Si](c1ccccc1)(c1ccccc1)C(C)(C)C. The van der Waals surface area contributed by atoms with Crippen LogP contribution in [0.25, 0.3) is 0 Å². The molecule has 2 N–H and O–H groups in total. The van der Waals surface area contributed by atoms with Gasteiger partial charge in [0.15, 0.2) is 0 Å². The Morgan fingerprint density at radius 3 is 1.97 bits per heavy atom. The zero-order valence-electron chi connectivity index (χ0n) is 17.8. The van der Waals surface area contributed by atoms with E-state index in [0.29, 0.717) is 17.6 Å². The van der Waals surface area contributed by atoms with Gasteiger partial charge >= 0.3 is 5.97 Å². The average molecular weight is 423 g/mol. The van der Waals surface area contributed by atoms with Gasteiger partial charge in [0.05, 0.1) is 12.2 Å². The fraction of sp³-hybridized carbons (Fsp3) is 0.320. The van der Waals surface area contributed by atoms with Crippen molar-refractivity contribution in [3.8, 4) is 0 Å². The Bertz CT molecular complexity index is 889. The number of carboxylic acid groups (broad SMARTS) is 1. The van der Waals surface area contributed by atoms with E-state index in [1.54, 1.807) is 0 Å². The van der Waals surface area contributed by atoms with Gasteiger partial charge in [-0.3, -0.25) is 0 Å². The highest BCUT2D eigenvalue weighted by Gasteiger charge is 2.52. The molecule has 2 aromatic carbocycles. The molecule has 0 spiro atoms. The largest absolute Gasteiger partial charge is 0.478 e. The van der Waals surface area contributed by atoms with Crippen LogP contribution in [0.4, 0.5) is 0 Å². The van der Waals surface area contributed by atoms with Crippen LogP contribution in [0.5, 0.6) is 0 Å². The molecular formula is C25H30O4Si. The lowest BCUT2D eigenvalue weighted by Crippen LogP contribution is -2.68. The zero-order chi connectivity index (χ0) is 21.9. The van der Waals surface area contributed by atoms with Gasteiger partial charge in [-0.15, -0.1) is 0 Å². The van der Waals surface area contributed by atoms with Crippen LogP contribution in [0, 0.1) is 0 Å². The molecule has 2 atom stereocenters. The second-order valence-electron chi connectivity index (χ2n) is 8.91. The van der Waals surface area contributed by atoms with E-state index in [4.69, 9.17) is 4.43 Å². The molecule has 5 heteroatoms. The van der Waals surface area contributed by atoms with Crippen LogP contribution in [0.3, 0.4) is 0 Å². The maximum atomic E-state index is 11.2.